The van der Waals surface area contributed by atoms with Gasteiger partial charge < -0.3 is 10.1 Å². The average molecular weight is 432 g/mol. The Kier molecular flexibility index (Phi) is 5.40. The van der Waals surface area contributed by atoms with Crippen LogP contribution in [-0.2, 0) is 7.05 Å². The van der Waals surface area contributed by atoms with Crippen molar-refractivity contribution in [3.8, 4) is 17.0 Å². The summed E-state index contributed by atoms with van der Waals surface area (Å²) in [7, 11) is 1.74. The fraction of sp³-hybridized carbons (Fsp3) is 0.250. The second-order valence-corrected chi connectivity index (χ2v) is 6.88. The fourth-order valence-corrected chi connectivity index (χ4v) is 3.23. The van der Waals surface area contributed by atoms with E-state index in [9.17, 15) is 18.0 Å². The van der Waals surface area contributed by atoms with Crippen molar-refractivity contribution < 1.29 is 22.7 Å². The van der Waals surface area contributed by atoms with Crippen LogP contribution in [0.2, 0.25) is 0 Å². The van der Waals surface area contributed by atoms with E-state index in [0.717, 1.165) is 0 Å². The van der Waals surface area contributed by atoms with E-state index in [-0.39, 0.29) is 5.75 Å². The number of ether oxygens (including phenoxy) is 1. The van der Waals surface area contributed by atoms with Gasteiger partial charge in [0.25, 0.3) is 0 Å². The molecule has 0 atom stereocenters. The van der Waals surface area contributed by atoms with Crippen LogP contribution in [-0.4, -0.2) is 40.2 Å². The van der Waals surface area contributed by atoms with Crippen LogP contribution in [0.1, 0.15) is 6.42 Å². The molecule has 31 heavy (non-hydrogen) atoms. The molecule has 2 amide bonds. The van der Waals surface area contributed by atoms with E-state index in [1.165, 1.54) is 23.1 Å². The normalized spacial score (nSPS) is 13.7. The highest BCUT2D eigenvalue weighted by Gasteiger charge is 2.31. The van der Waals surface area contributed by atoms with Crippen molar-refractivity contribution in [2.45, 2.75) is 12.8 Å². The third kappa shape index (κ3) is 4.87. The number of alkyl halides is 3. The predicted octanol–water partition coefficient (Wildman–Crippen LogP) is 4.23. The third-order valence-electron chi connectivity index (χ3n) is 4.56. The molecule has 8 nitrogen and oxygen atoms in total. The zero-order chi connectivity index (χ0) is 22.0. The maximum absolute atomic E-state index is 12.9. The second kappa shape index (κ2) is 8.17. The standard InChI is InChI=1S/C20H19F3N6O2/c1-28-11-8-17(27-28)26-19(30)29-10-3-9-24-16-7-6-15(25-18(16)29)13-4-2-5-14(12-13)31-20(21,22)23/h2,4-8,11-12,24H,3,9-10H2,1H3,(H,26,27,30). The first-order chi connectivity index (χ1) is 14.8. The number of urea groups is 1. The number of carbonyl (C=O) groups excluding carboxylic acids is 1. The minimum atomic E-state index is -4.79. The number of nitrogens with zero attached hydrogens (tertiary/aromatic N) is 4. The number of anilines is 3. The number of hydrogen-bond donors (Lipinski definition) is 2. The molecule has 4 rings (SSSR count). The number of halogens is 3. The van der Waals surface area contributed by atoms with Gasteiger partial charge in [-0.2, -0.15) is 5.10 Å². The van der Waals surface area contributed by atoms with Gasteiger partial charge in [0.2, 0.25) is 0 Å². The molecule has 0 saturated carbocycles. The zero-order valence-electron chi connectivity index (χ0n) is 16.5. The molecule has 2 aromatic heterocycles. The van der Waals surface area contributed by atoms with E-state index in [1.807, 2.05) is 0 Å². The molecule has 2 N–H and O–H groups in total. The molecule has 11 heteroatoms. The Balaban J connectivity index is 1.65. The van der Waals surface area contributed by atoms with Crippen molar-refractivity contribution in [2.24, 2.45) is 7.05 Å². The van der Waals surface area contributed by atoms with Gasteiger partial charge in [0.1, 0.15) is 5.75 Å². The topological polar surface area (TPSA) is 84.3 Å². The lowest BCUT2D eigenvalue weighted by molar-refractivity contribution is -0.274. The second-order valence-electron chi connectivity index (χ2n) is 6.88. The van der Waals surface area contributed by atoms with Crippen molar-refractivity contribution in [1.82, 2.24) is 14.8 Å². The van der Waals surface area contributed by atoms with Crippen molar-refractivity contribution >= 4 is 23.4 Å². The molecular weight excluding hydrogens is 413 g/mol. The van der Waals surface area contributed by atoms with E-state index in [4.69, 9.17) is 0 Å². The lowest BCUT2D eigenvalue weighted by Crippen LogP contribution is -2.36. The van der Waals surface area contributed by atoms with Crippen LogP contribution in [0.4, 0.5) is 35.3 Å². The molecule has 162 valence electrons. The number of pyridine rings is 1. The van der Waals surface area contributed by atoms with E-state index < -0.39 is 12.4 Å². The summed E-state index contributed by atoms with van der Waals surface area (Å²) in [6, 6.07) is 10.3. The van der Waals surface area contributed by atoms with Gasteiger partial charge in [-0.25, -0.2) is 9.78 Å². The van der Waals surface area contributed by atoms with Crippen molar-refractivity contribution in [3.63, 3.8) is 0 Å². The maximum Gasteiger partial charge on any atom is 0.573 e. The number of rotatable bonds is 3. The number of nitrogens with one attached hydrogen (secondary N) is 2. The van der Waals surface area contributed by atoms with Crippen LogP contribution in [0, 0.1) is 0 Å². The summed E-state index contributed by atoms with van der Waals surface area (Å²) in [6.45, 7) is 1.06. The van der Waals surface area contributed by atoms with Crippen LogP contribution >= 0.6 is 0 Å². The Morgan fingerprint density at radius 2 is 2.06 bits per heavy atom. The molecule has 0 fully saturated rings. The predicted molar refractivity (Wildman–Crippen MR) is 109 cm³/mol. The van der Waals surface area contributed by atoms with Gasteiger partial charge in [-0.15, -0.1) is 13.2 Å². The van der Waals surface area contributed by atoms with Crippen LogP contribution in [0.5, 0.6) is 5.75 Å². The molecule has 0 saturated heterocycles. The monoisotopic (exact) mass is 432 g/mol. The average Bonchev–Trinajstić information content (AvgIpc) is 2.99. The van der Waals surface area contributed by atoms with Crippen LogP contribution in [0.15, 0.2) is 48.7 Å². The van der Waals surface area contributed by atoms with Crippen molar-refractivity contribution in [1.29, 1.82) is 0 Å². The smallest absolute Gasteiger partial charge is 0.406 e. The first-order valence-electron chi connectivity index (χ1n) is 9.48. The zero-order valence-corrected chi connectivity index (χ0v) is 16.5. The SMILES string of the molecule is Cn1ccc(NC(=O)N2CCCNc3ccc(-c4cccc(OC(F)(F)F)c4)nc32)n1. The van der Waals surface area contributed by atoms with Crippen LogP contribution < -0.4 is 20.3 Å². The quantitative estimate of drug-likeness (QED) is 0.647. The number of benzene rings is 1. The van der Waals surface area contributed by atoms with Gasteiger partial charge >= 0.3 is 12.4 Å². The minimum absolute atomic E-state index is 0.343. The molecule has 1 aromatic carbocycles. The van der Waals surface area contributed by atoms with Crippen LogP contribution in [0.25, 0.3) is 11.3 Å². The summed E-state index contributed by atoms with van der Waals surface area (Å²) in [5.74, 6) is 0.439. The van der Waals surface area contributed by atoms with Gasteiger partial charge in [0.15, 0.2) is 11.6 Å². The molecule has 0 spiro atoms. The Hall–Kier alpha value is -3.76. The summed E-state index contributed by atoms with van der Waals surface area (Å²) in [6.07, 6.45) is -2.39. The molecule has 1 aliphatic heterocycles. The molecule has 3 aromatic rings. The number of amides is 2. The molecule has 0 bridgehead atoms. The minimum Gasteiger partial charge on any atom is -0.406 e. The Morgan fingerprint density at radius 3 is 2.81 bits per heavy atom. The summed E-state index contributed by atoms with van der Waals surface area (Å²) in [5.41, 5.74) is 1.49. The molecule has 3 heterocycles. The Morgan fingerprint density at radius 1 is 1.23 bits per heavy atom. The summed E-state index contributed by atoms with van der Waals surface area (Å²) in [5, 5.41) is 10.1. The van der Waals surface area contributed by atoms with Gasteiger partial charge in [0.05, 0.1) is 11.4 Å². The highest BCUT2D eigenvalue weighted by atomic mass is 19.4. The number of fused-ring (bicyclic) bond motifs is 1. The lowest BCUT2D eigenvalue weighted by atomic mass is 10.1. The number of aromatic nitrogens is 3. The molecule has 0 radical (unpaired) electrons. The van der Waals surface area contributed by atoms with Gasteiger partial charge in [-0.1, -0.05) is 12.1 Å². The van der Waals surface area contributed by atoms with Crippen molar-refractivity contribution in [3.05, 3.63) is 48.7 Å². The maximum atomic E-state index is 12.9. The molecule has 0 aliphatic carbocycles. The van der Waals surface area contributed by atoms with Gasteiger partial charge in [0, 0.05) is 38.0 Å². The van der Waals surface area contributed by atoms with E-state index in [0.29, 0.717) is 48.1 Å². The van der Waals surface area contributed by atoms with E-state index in [1.54, 1.807) is 42.2 Å². The number of carbonyl (C=O) groups is 1. The van der Waals surface area contributed by atoms with E-state index in [2.05, 4.69) is 25.5 Å². The third-order valence-corrected chi connectivity index (χ3v) is 4.56. The van der Waals surface area contributed by atoms with Gasteiger partial charge in [-0.3, -0.25) is 14.9 Å². The summed E-state index contributed by atoms with van der Waals surface area (Å²) < 4.78 is 43.3. The highest BCUT2D eigenvalue weighted by molar-refractivity contribution is 6.02. The Bertz CT molecular complexity index is 1100. The Labute approximate surface area is 175 Å². The summed E-state index contributed by atoms with van der Waals surface area (Å²) in [4.78, 5) is 19.0. The molecule has 1 aliphatic rings. The first kappa shape index (κ1) is 20.5. The first-order valence-corrected chi connectivity index (χ1v) is 9.48. The fourth-order valence-electron chi connectivity index (χ4n) is 3.23. The van der Waals surface area contributed by atoms with E-state index >= 15 is 0 Å². The lowest BCUT2D eigenvalue weighted by Gasteiger charge is -2.22. The number of aryl methyl sites for hydroxylation is 1. The number of hydrogen-bond acceptors (Lipinski definition) is 5. The molecular formula is C20H19F3N6O2. The molecule has 0 unspecified atom stereocenters. The highest BCUT2D eigenvalue weighted by Crippen LogP contribution is 2.32. The largest absolute Gasteiger partial charge is 0.573 e. The summed E-state index contributed by atoms with van der Waals surface area (Å²) >= 11 is 0. The van der Waals surface area contributed by atoms with Crippen LogP contribution in [0.3, 0.4) is 0 Å². The van der Waals surface area contributed by atoms with Crippen molar-refractivity contribution in [2.75, 3.05) is 28.6 Å². The van der Waals surface area contributed by atoms with Gasteiger partial charge in [-0.05, 0) is 30.7 Å².